The van der Waals surface area contributed by atoms with E-state index in [1.165, 1.54) is 0 Å². The molecular formula is C19H23N3O3. The number of ether oxygens (including phenoxy) is 1. The van der Waals surface area contributed by atoms with Crippen molar-refractivity contribution in [3.05, 3.63) is 60.2 Å². The highest BCUT2D eigenvalue weighted by molar-refractivity contribution is 5.96. The summed E-state index contributed by atoms with van der Waals surface area (Å²) in [6.45, 7) is 4.52. The number of nitrogens with one attached hydrogen (secondary N) is 3. The molecule has 25 heavy (non-hydrogen) atoms. The summed E-state index contributed by atoms with van der Waals surface area (Å²) >= 11 is 0. The Kier molecular flexibility index (Phi) is 6.83. The second kappa shape index (κ2) is 9.32. The van der Waals surface area contributed by atoms with E-state index in [1.807, 2.05) is 44.2 Å². The van der Waals surface area contributed by atoms with Gasteiger partial charge in [-0.05, 0) is 44.2 Å². The van der Waals surface area contributed by atoms with E-state index in [0.717, 1.165) is 5.75 Å². The van der Waals surface area contributed by atoms with Crippen LogP contribution in [0.5, 0.6) is 5.75 Å². The van der Waals surface area contributed by atoms with Gasteiger partial charge < -0.3 is 20.7 Å². The van der Waals surface area contributed by atoms with Crippen LogP contribution in [0.25, 0.3) is 0 Å². The van der Waals surface area contributed by atoms with Gasteiger partial charge in [-0.2, -0.15) is 0 Å². The molecule has 0 saturated carbocycles. The Bertz CT molecular complexity index is 702. The van der Waals surface area contributed by atoms with Gasteiger partial charge in [0.05, 0.1) is 6.54 Å². The smallest absolute Gasteiger partial charge is 0.319 e. The van der Waals surface area contributed by atoms with Gasteiger partial charge in [-0.1, -0.05) is 24.3 Å². The minimum Gasteiger partial charge on any atom is -0.492 e. The topological polar surface area (TPSA) is 79.5 Å². The second-order valence-corrected chi connectivity index (χ2v) is 5.75. The van der Waals surface area contributed by atoms with E-state index >= 15 is 0 Å². The maximum Gasteiger partial charge on any atom is 0.319 e. The van der Waals surface area contributed by atoms with E-state index in [9.17, 15) is 9.59 Å². The van der Waals surface area contributed by atoms with Crippen molar-refractivity contribution in [1.82, 2.24) is 10.6 Å². The number of hydrogen-bond acceptors (Lipinski definition) is 3. The summed E-state index contributed by atoms with van der Waals surface area (Å²) in [6.07, 6.45) is 0. The molecule has 0 spiro atoms. The number of carbonyl (C=O) groups excluding carboxylic acids is 2. The summed E-state index contributed by atoms with van der Waals surface area (Å²) in [5.74, 6) is 0.545. The molecule has 0 aliphatic heterocycles. The highest BCUT2D eigenvalue weighted by Gasteiger charge is 2.08. The zero-order chi connectivity index (χ0) is 18.1. The summed E-state index contributed by atoms with van der Waals surface area (Å²) in [5.41, 5.74) is 1.04. The van der Waals surface area contributed by atoms with Crippen molar-refractivity contribution in [1.29, 1.82) is 0 Å². The van der Waals surface area contributed by atoms with E-state index in [0.29, 0.717) is 24.4 Å². The Morgan fingerprint density at radius 3 is 2.52 bits per heavy atom. The molecule has 6 nitrogen and oxygen atoms in total. The van der Waals surface area contributed by atoms with Crippen molar-refractivity contribution >= 4 is 17.6 Å². The minimum absolute atomic E-state index is 0.0381. The molecule has 0 heterocycles. The van der Waals surface area contributed by atoms with E-state index in [4.69, 9.17) is 4.74 Å². The fourth-order valence-electron chi connectivity index (χ4n) is 2.12. The molecule has 0 bridgehead atoms. The molecule has 3 N–H and O–H groups in total. The van der Waals surface area contributed by atoms with E-state index in [2.05, 4.69) is 16.0 Å². The number of anilines is 1. The molecule has 2 aromatic carbocycles. The maximum absolute atomic E-state index is 12.2. The van der Waals surface area contributed by atoms with Gasteiger partial charge in [-0.15, -0.1) is 0 Å². The predicted octanol–water partition coefficient (Wildman–Crippen LogP) is 3.03. The van der Waals surface area contributed by atoms with Crippen LogP contribution in [0.3, 0.4) is 0 Å². The maximum atomic E-state index is 12.2. The minimum atomic E-state index is -0.302. The van der Waals surface area contributed by atoms with E-state index < -0.39 is 0 Å². The molecule has 6 heteroatoms. The van der Waals surface area contributed by atoms with Gasteiger partial charge in [0.25, 0.3) is 5.91 Å². The number of urea groups is 1. The van der Waals surface area contributed by atoms with Crippen molar-refractivity contribution < 1.29 is 14.3 Å². The fraction of sp³-hybridized carbons (Fsp3) is 0.263. The number of amides is 3. The van der Waals surface area contributed by atoms with Crippen LogP contribution in [0.15, 0.2) is 54.6 Å². The number of para-hydroxylation sites is 1. The van der Waals surface area contributed by atoms with Gasteiger partial charge in [0, 0.05) is 17.3 Å². The summed E-state index contributed by atoms with van der Waals surface area (Å²) in [6, 6.07) is 15.9. The Hall–Kier alpha value is -3.02. The number of hydrogen-bond donors (Lipinski definition) is 3. The van der Waals surface area contributed by atoms with Crippen molar-refractivity contribution in [2.75, 3.05) is 18.5 Å². The first-order chi connectivity index (χ1) is 12.0. The van der Waals surface area contributed by atoms with Crippen LogP contribution in [0, 0.1) is 0 Å². The van der Waals surface area contributed by atoms with Crippen LogP contribution in [-0.4, -0.2) is 31.1 Å². The zero-order valence-electron chi connectivity index (χ0n) is 14.4. The highest BCUT2D eigenvalue weighted by Crippen LogP contribution is 2.11. The van der Waals surface area contributed by atoms with Crippen LogP contribution in [0.2, 0.25) is 0 Å². The Morgan fingerprint density at radius 1 is 1.04 bits per heavy atom. The average molecular weight is 341 g/mol. The SMILES string of the molecule is CC(C)NC(=O)Nc1cccc(C(=O)NCCOc2ccccc2)c1. The van der Waals surface area contributed by atoms with Gasteiger partial charge >= 0.3 is 6.03 Å². The Labute approximate surface area is 147 Å². The molecule has 2 aromatic rings. The van der Waals surface area contributed by atoms with Crippen LogP contribution < -0.4 is 20.7 Å². The summed E-state index contributed by atoms with van der Waals surface area (Å²) < 4.78 is 5.53. The fourth-order valence-corrected chi connectivity index (χ4v) is 2.12. The molecule has 0 fully saturated rings. The molecule has 0 aromatic heterocycles. The third-order valence-electron chi connectivity index (χ3n) is 3.20. The summed E-state index contributed by atoms with van der Waals surface area (Å²) in [5, 5.41) is 8.22. The lowest BCUT2D eigenvalue weighted by Gasteiger charge is -2.11. The van der Waals surface area contributed by atoms with E-state index in [1.54, 1.807) is 24.3 Å². The Balaban J connectivity index is 1.81. The van der Waals surface area contributed by atoms with Gasteiger partial charge in [-0.25, -0.2) is 4.79 Å². The molecule has 0 aliphatic carbocycles. The van der Waals surface area contributed by atoms with Gasteiger partial charge in [0.2, 0.25) is 0 Å². The van der Waals surface area contributed by atoms with Crippen molar-refractivity contribution in [3.63, 3.8) is 0 Å². The first-order valence-corrected chi connectivity index (χ1v) is 8.18. The molecule has 132 valence electrons. The first kappa shape index (κ1) is 18.3. The highest BCUT2D eigenvalue weighted by atomic mass is 16.5. The van der Waals surface area contributed by atoms with Crippen LogP contribution >= 0.6 is 0 Å². The van der Waals surface area contributed by atoms with Crippen LogP contribution in [-0.2, 0) is 0 Å². The van der Waals surface area contributed by atoms with Crippen molar-refractivity contribution in [2.45, 2.75) is 19.9 Å². The number of benzene rings is 2. The van der Waals surface area contributed by atoms with Gasteiger partial charge in [-0.3, -0.25) is 4.79 Å². The third-order valence-corrected chi connectivity index (χ3v) is 3.20. The quantitative estimate of drug-likeness (QED) is 0.677. The standard InChI is InChI=1S/C19H23N3O3/c1-14(2)21-19(24)22-16-8-6-7-15(13-16)18(23)20-11-12-25-17-9-4-3-5-10-17/h3-10,13-14H,11-12H2,1-2H3,(H,20,23)(H2,21,22,24). The lowest BCUT2D eigenvalue weighted by molar-refractivity contribution is 0.0947. The predicted molar refractivity (Wildman–Crippen MR) is 98.0 cm³/mol. The molecular weight excluding hydrogens is 318 g/mol. The summed E-state index contributed by atoms with van der Waals surface area (Å²) in [4.78, 5) is 23.9. The molecule has 2 rings (SSSR count). The van der Waals surface area contributed by atoms with E-state index in [-0.39, 0.29) is 18.0 Å². The van der Waals surface area contributed by atoms with Gasteiger partial charge in [0.1, 0.15) is 12.4 Å². The van der Waals surface area contributed by atoms with Crippen LogP contribution in [0.4, 0.5) is 10.5 Å². The van der Waals surface area contributed by atoms with Crippen molar-refractivity contribution in [2.24, 2.45) is 0 Å². The molecule has 0 unspecified atom stereocenters. The largest absolute Gasteiger partial charge is 0.492 e. The molecule has 0 aliphatic rings. The molecule has 0 radical (unpaired) electrons. The van der Waals surface area contributed by atoms with Crippen molar-refractivity contribution in [3.8, 4) is 5.75 Å². The monoisotopic (exact) mass is 341 g/mol. The van der Waals surface area contributed by atoms with Gasteiger partial charge in [0.15, 0.2) is 0 Å². The lowest BCUT2D eigenvalue weighted by Crippen LogP contribution is -2.34. The Morgan fingerprint density at radius 2 is 1.80 bits per heavy atom. The normalized spacial score (nSPS) is 10.2. The number of rotatable bonds is 7. The zero-order valence-corrected chi connectivity index (χ0v) is 14.4. The molecule has 0 saturated heterocycles. The number of carbonyl (C=O) groups is 2. The molecule has 3 amide bonds. The lowest BCUT2D eigenvalue weighted by atomic mass is 10.2. The first-order valence-electron chi connectivity index (χ1n) is 8.18. The third kappa shape index (κ3) is 6.55. The summed E-state index contributed by atoms with van der Waals surface area (Å²) in [7, 11) is 0. The molecule has 0 atom stereocenters. The van der Waals surface area contributed by atoms with Crippen LogP contribution in [0.1, 0.15) is 24.2 Å². The second-order valence-electron chi connectivity index (χ2n) is 5.75. The average Bonchev–Trinajstić information content (AvgIpc) is 2.59.